The molecule has 118 valence electrons. The van der Waals surface area contributed by atoms with Crippen molar-refractivity contribution >= 4 is 23.2 Å². The monoisotopic (exact) mass is 345 g/mol. The van der Waals surface area contributed by atoms with Gasteiger partial charge >= 0.3 is 0 Å². The average molecular weight is 346 g/mol. The molecule has 2 aromatic carbocycles. The normalized spacial score (nSPS) is 12.3. The first kappa shape index (κ1) is 16.1. The van der Waals surface area contributed by atoms with Crippen molar-refractivity contribution in [1.82, 2.24) is 15.1 Å². The molecule has 0 radical (unpaired) electrons. The molecule has 1 atom stereocenters. The largest absolute Gasteiger partial charge is 0.306 e. The maximum absolute atomic E-state index is 6.07. The zero-order valence-corrected chi connectivity index (χ0v) is 14.2. The lowest BCUT2D eigenvalue weighted by atomic mass is 10.1. The number of hydrogen-bond donors (Lipinski definition) is 1. The van der Waals surface area contributed by atoms with E-state index in [-0.39, 0.29) is 6.04 Å². The van der Waals surface area contributed by atoms with E-state index in [1.807, 2.05) is 35.1 Å². The van der Waals surface area contributed by atoms with Crippen LogP contribution in [-0.4, -0.2) is 9.78 Å². The zero-order valence-electron chi connectivity index (χ0n) is 12.7. The molecule has 0 bridgehead atoms. The van der Waals surface area contributed by atoms with Crippen LogP contribution in [0.2, 0.25) is 10.0 Å². The van der Waals surface area contributed by atoms with Crippen LogP contribution in [0.25, 0.3) is 5.69 Å². The molecule has 3 nitrogen and oxygen atoms in total. The van der Waals surface area contributed by atoms with Gasteiger partial charge in [0.2, 0.25) is 0 Å². The van der Waals surface area contributed by atoms with Gasteiger partial charge in [-0.05, 0) is 48.4 Å². The maximum Gasteiger partial charge on any atom is 0.0645 e. The van der Waals surface area contributed by atoms with E-state index in [0.717, 1.165) is 17.8 Å². The minimum absolute atomic E-state index is 0.190. The average Bonchev–Trinajstić information content (AvgIpc) is 3.10. The van der Waals surface area contributed by atoms with E-state index in [0.29, 0.717) is 10.0 Å². The molecule has 0 aliphatic carbocycles. The summed E-state index contributed by atoms with van der Waals surface area (Å²) in [4.78, 5) is 0. The Kier molecular flexibility index (Phi) is 5.01. The van der Waals surface area contributed by atoms with Crippen LogP contribution in [0, 0.1) is 0 Å². The molecule has 1 aromatic heterocycles. The fourth-order valence-corrected chi connectivity index (χ4v) is 2.67. The molecule has 3 rings (SSSR count). The summed E-state index contributed by atoms with van der Waals surface area (Å²) in [5, 5.41) is 8.88. The Morgan fingerprint density at radius 3 is 2.52 bits per heavy atom. The second kappa shape index (κ2) is 7.18. The Morgan fingerprint density at radius 2 is 1.87 bits per heavy atom. The second-order valence-electron chi connectivity index (χ2n) is 5.39. The molecule has 3 aromatic rings. The zero-order chi connectivity index (χ0) is 16.2. The van der Waals surface area contributed by atoms with Crippen molar-refractivity contribution < 1.29 is 0 Å². The molecule has 0 fully saturated rings. The molecule has 0 saturated carbocycles. The van der Waals surface area contributed by atoms with Crippen molar-refractivity contribution in [3.05, 3.63) is 82.1 Å². The third-order valence-electron chi connectivity index (χ3n) is 3.76. The lowest BCUT2D eigenvalue weighted by Gasteiger charge is -2.15. The summed E-state index contributed by atoms with van der Waals surface area (Å²) in [6.45, 7) is 2.89. The van der Waals surface area contributed by atoms with Crippen LogP contribution in [-0.2, 0) is 6.54 Å². The van der Waals surface area contributed by atoms with Crippen LogP contribution in [0.1, 0.15) is 24.1 Å². The summed E-state index contributed by atoms with van der Waals surface area (Å²) < 4.78 is 1.84. The number of rotatable bonds is 5. The first-order valence-electron chi connectivity index (χ1n) is 7.41. The number of nitrogens with zero attached hydrogens (tertiary/aromatic N) is 2. The summed E-state index contributed by atoms with van der Waals surface area (Å²) in [7, 11) is 0. The van der Waals surface area contributed by atoms with Crippen molar-refractivity contribution in [2.75, 3.05) is 0 Å². The number of benzene rings is 2. The Balaban J connectivity index is 1.62. The highest BCUT2D eigenvalue weighted by atomic mass is 35.5. The first-order chi connectivity index (χ1) is 11.1. The molecule has 5 heteroatoms. The highest BCUT2D eigenvalue weighted by molar-refractivity contribution is 6.42. The quantitative estimate of drug-likeness (QED) is 0.702. The van der Waals surface area contributed by atoms with E-state index in [1.165, 1.54) is 5.56 Å². The van der Waals surface area contributed by atoms with Crippen molar-refractivity contribution in [2.45, 2.75) is 19.5 Å². The van der Waals surface area contributed by atoms with E-state index in [1.54, 1.807) is 6.20 Å². The minimum Gasteiger partial charge on any atom is -0.306 e. The molecule has 1 unspecified atom stereocenters. The van der Waals surface area contributed by atoms with Crippen LogP contribution in [0.5, 0.6) is 0 Å². The van der Waals surface area contributed by atoms with Crippen molar-refractivity contribution in [3.63, 3.8) is 0 Å². The third-order valence-corrected chi connectivity index (χ3v) is 4.50. The highest BCUT2D eigenvalue weighted by Gasteiger charge is 2.07. The van der Waals surface area contributed by atoms with Gasteiger partial charge < -0.3 is 5.32 Å². The molecule has 0 saturated heterocycles. The van der Waals surface area contributed by atoms with Gasteiger partial charge in [0, 0.05) is 25.0 Å². The lowest BCUT2D eigenvalue weighted by Crippen LogP contribution is -2.18. The summed E-state index contributed by atoms with van der Waals surface area (Å²) in [6, 6.07) is 16.2. The fraction of sp³-hybridized carbons (Fsp3) is 0.167. The summed E-state index contributed by atoms with van der Waals surface area (Å²) in [5.41, 5.74) is 3.39. The molecule has 0 amide bonds. The summed E-state index contributed by atoms with van der Waals surface area (Å²) in [6.07, 6.45) is 3.70. The molecule has 0 spiro atoms. The van der Waals surface area contributed by atoms with E-state index in [2.05, 4.69) is 41.6 Å². The second-order valence-corrected chi connectivity index (χ2v) is 6.21. The third kappa shape index (κ3) is 3.94. The van der Waals surface area contributed by atoms with Gasteiger partial charge in [0.05, 0.1) is 15.7 Å². The van der Waals surface area contributed by atoms with Gasteiger partial charge in [-0.2, -0.15) is 5.10 Å². The number of halogens is 2. The van der Waals surface area contributed by atoms with Gasteiger partial charge in [0.1, 0.15) is 0 Å². The van der Waals surface area contributed by atoms with E-state index < -0.39 is 0 Å². The first-order valence-corrected chi connectivity index (χ1v) is 8.16. The van der Waals surface area contributed by atoms with Crippen LogP contribution >= 0.6 is 23.2 Å². The number of hydrogen-bond acceptors (Lipinski definition) is 2. The highest BCUT2D eigenvalue weighted by Crippen LogP contribution is 2.25. The lowest BCUT2D eigenvalue weighted by molar-refractivity contribution is 0.574. The number of nitrogens with one attached hydrogen (secondary N) is 1. The van der Waals surface area contributed by atoms with Gasteiger partial charge in [-0.1, -0.05) is 41.4 Å². The van der Waals surface area contributed by atoms with Crippen molar-refractivity contribution in [3.8, 4) is 5.69 Å². The molecule has 1 N–H and O–H groups in total. The Hall–Kier alpha value is -1.81. The molecular formula is C18H17Cl2N3. The number of aromatic nitrogens is 2. The maximum atomic E-state index is 6.07. The van der Waals surface area contributed by atoms with Gasteiger partial charge in [-0.3, -0.25) is 0 Å². The standard InChI is InChI=1S/C18H17Cl2N3/c1-13(15-5-8-17(19)18(20)11-15)21-12-14-3-6-16(7-4-14)23-10-2-9-22-23/h2-11,13,21H,12H2,1H3. The minimum atomic E-state index is 0.190. The van der Waals surface area contributed by atoms with Gasteiger partial charge in [-0.25, -0.2) is 4.68 Å². The van der Waals surface area contributed by atoms with Crippen LogP contribution in [0.15, 0.2) is 60.9 Å². The van der Waals surface area contributed by atoms with E-state index >= 15 is 0 Å². The van der Waals surface area contributed by atoms with Gasteiger partial charge in [-0.15, -0.1) is 0 Å². The molecule has 1 heterocycles. The van der Waals surface area contributed by atoms with Crippen LogP contribution in [0.3, 0.4) is 0 Å². The molecule has 0 aliphatic heterocycles. The predicted octanol–water partition coefficient (Wildman–Crippen LogP) is 5.03. The van der Waals surface area contributed by atoms with Gasteiger partial charge in [0.25, 0.3) is 0 Å². The Bertz CT molecular complexity index is 767. The van der Waals surface area contributed by atoms with Gasteiger partial charge in [0.15, 0.2) is 0 Å². The summed E-state index contributed by atoms with van der Waals surface area (Å²) in [5.74, 6) is 0. The van der Waals surface area contributed by atoms with Crippen molar-refractivity contribution in [1.29, 1.82) is 0 Å². The molecule has 23 heavy (non-hydrogen) atoms. The topological polar surface area (TPSA) is 29.9 Å². The smallest absolute Gasteiger partial charge is 0.0645 e. The van der Waals surface area contributed by atoms with E-state index in [9.17, 15) is 0 Å². The summed E-state index contributed by atoms with van der Waals surface area (Å²) >= 11 is 12.0. The van der Waals surface area contributed by atoms with Crippen LogP contribution in [0.4, 0.5) is 0 Å². The Morgan fingerprint density at radius 1 is 1.09 bits per heavy atom. The van der Waals surface area contributed by atoms with Crippen LogP contribution < -0.4 is 5.32 Å². The Labute approximate surface area is 145 Å². The van der Waals surface area contributed by atoms with E-state index in [4.69, 9.17) is 23.2 Å². The predicted molar refractivity (Wildman–Crippen MR) is 95.3 cm³/mol. The fourth-order valence-electron chi connectivity index (χ4n) is 2.36. The SMILES string of the molecule is CC(NCc1ccc(-n2cccn2)cc1)c1ccc(Cl)c(Cl)c1. The molecule has 0 aliphatic rings. The van der Waals surface area contributed by atoms with Crippen molar-refractivity contribution in [2.24, 2.45) is 0 Å². The molecular weight excluding hydrogens is 329 g/mol.